The number of nitrogens with zero attached hydrogens (tertiary/aromatic N) is 1. The summed E-state index contributed by atoms with van der Waals surface area (Å²) in [6, 6.07) is 0. The van der Waals surface area contributed by atoms with Crippen LogP contribution in [0.15, 0.2) is 0 Å². The summed E-state index contributed by atoms with van der Waals surface area (Å²) in [5.74, 6) is 0.118. The SMILES string of the molecule is CCC1(O)CN(C(=O)CC2(N)CCCCC2)C1. The fourth-order valence-electron chi connectivity index (χ4n) is 2.91. The molecule has 0 atom stereocenters. The van der Waals surface area contributed by atoms with Gasteiger partial charge >= 0.3 is 0 Å². The van der Waals surface area contributed by atoms with Crippen molar-refractivity contribution < 1.29 is 9.90 Å². The molecule has 0 spiro atoms. The summed E-state index contributed by atoms with van der Waals surface area (Å²) >= 11 is 0. The van der Waals surface area contributed by atoms with Crippen LogP contribution in [-0.2, 0) is 4.79 Å². The van der Waals surface area contributed by atoms with Crippen LogP contribution in [0, 0.1) is 0 Å². The van der Waals surface area contributed by atoms with E-state index in [0.29, 0.717) is 25.9 Å². The van der Waals surface area contributed by atoms with Gasteiger partial charge in [0.1, 0.15) is 0 Å². The largest absolute Gasteiger partial charge is 0.386 e. The predicted molar refractivity (Wildman–Crippen MR) is 66.4 cm³/mol. The van der Waals surface area contributed by atoms with Gasteiger partial charge in [0.05, 0.1) is 18.7 Å². The first-order valence-corrected chi connectivity index (χ1v) is 6.75. The molecule has 3 N–H and O–H groups in total. The number of rotatable bonds is 3. The summed E-state index contributed by atoms with van der Waals surface area (Å²) < 4.78 is 0. The number of nitrogens with two attached hydrogens (primary N) is 1. The van der Waals surface area contributed by atoms with Crippen LogP contribution in [0.1, 0.15) is 51.9 Å². The second-order valence-electron chi connectivity index (χ2n) is 5.93. The minimum atomic E-state index is -0.635. The summed E-state index contributed by atoms with van der Waals surface area (Å²) in [7, 11) is 0. The summed E-state index contributed by atoms with van der Waals surface area (Å²) in [5, 5.41) is 9.88. The van der Waals surface area contributed by atoms with Gasteiger partial charge in [0.15, 0.2) is 0 Å². The number of β-amino-alcohol motifs (C(OH)–C–C–N with tert-alkyl or cyclic N) is 1. The van der Waals surface area contributed by atoms with Crippen LogP contribution in [0.2, 0.25) is 0 Å². The number of aliphatic hydroxyl groups is 1. The molecule has 1 aliphatic heterocycles. The zero-order valence-corrected chi connectivity index (χ0v) is 10.7. The minimum Gasteiger partial charge on any atom is -0.386 e. The van der Waals surface area contributed by atoms with Gasteiger partial charge in [-0.2, -0.15) is 0 Å². The number of hydrogen-bond acceptors (Lipinski definition) is 3. The molecule has 0 unspecified atom stereocenters. The van der Waals surface area contributed by atoms with Crippen molar-refractivity contribution in [2.45, 2.75) is 63.0 Å². The second kappa shape index (κ2) is 4.58. The van der Waals surface area contributed by atoms with Crippen molar-refractivity contribution in [2.75, 3.05) is 13.1 Å². The van der Waals surface area contributed by atoms with E-state index in [1.54, 1.807) is 4.90 Å². The topological polar surface area (TPSA) is 66.6 Å². The fraction of sp³-hybridized carbons (Fsp3) is 0.923. The number of likely N-dealkylation sites (tertiary alicyclic amines) is 1. The highest BCUT2D eigenvalue weighted by atomic mass is 16.3. The molecule has 0 radical (unpaired) electrons. The Balaban J connectivity index is 1.82. The van der Waals surface area contributed by atoms with Gasteiger partial charge in [0.2, 0.25) is 5.91 Å². The maximum absolute atomic E-state index is 12.0. The highest BCUT2D eigenvalue weighted by molar-refractivity contribution is 5.78. The molecule has 17 heavy (non-hydrogen) atoms. The van der Waals surface area contributed by atoms with Gasteiger partial charge in [-0.15, -0.1) is 0 Å². The lowest BCUT2D eigenvalue weighted by Gasteiger charge is -2.47. The van der Waals surface area contributed by atoms with E-state index in [2.05, 4.69) is 0 Å². The average molecular weight is 240 g/mol. The lowest BCUT2D eigenvalue weighted by molar-refractivity contribution is -0.157. The van der Waals surface area contributed by atoms with Gasteiger partial charge in [-0.3, -0.25) is 4.79 Å². The zero-order valence-electron chi connectivity index (χ0n) is 10.7. The first-order chi connectivity index (χ1) is 7.96. The minimum absolute atomic E-state index is 0.118. The molecule has 1 aliphatic carbocycles. The van der Waals surface area contributed by atoms with Gasteiger partial charge in [-0.25, -0.2) is 0 Å². The Labute approximate surface area is 103 Å². The molecule has 1 saturated carbocycles. The maximum atomic E-state index is 12.0. The molecule has 1 heterocycles. The van der Waals surface area contributed by atoms with Crippen molar-refractivity contribution in [2.24, 2.45) is 5.73 Å². The Bertz CT molecular complexity index is 292. The molecule has 98 valence electrons. The third kappa shape index (κ3) is 2.80. The highest BCUT2D eigenvalue weighted by Gasteiger charge is 2.43. The van der Waals surface area contributed by atoms with Gasteiger partial charge in [-0.1, -0.05) is 26.2 Å². The smallest absolute Gasteiger partial charge is 0.224 e. The summed E-state index contributed by atoms with van der Waals surface area (Å²) in [6.07, 6.45) is 6.62. The fourth-order valence-corrected chi connectivity index (χ4v) is 2.91. The Morgan fingerprint density at radius 3 is 2.41 bits per heavy atom. The summed E-state index contributed by atoms with van der Waals surface area (Å²) in [6.45, 7) is 2.92. The monoisotopic (exact) mass is 240 g/mol. The van der Waals surface area contributed by atoms with E-state index in [0.717, 1.165) is 25.7 Å². The molecule has 1 saturated heterocycles. The first kappa shape index (κ1) is 12.8. The van der Waals surface area contributed by atoms with Gasteiger partial charge in [0, 0.05) is 12.0 Å². The van der Waals surface area contributed by atoms with Crippen molar-refractivity contribution in [1.29, 1.82) is 0 Å². The van der Waals surface area contributed by atoms with Crippen LogP contribution >= 0.6 is 0 Å². The molecule has 2 aliphatic rings. The maximum Gasteiger partial charge on any atom is 0.224 e. The van der Waals surface area contributed by atoms with Gasteiger partial charge < -0.3 is 15.7 Å². The number of hydrogen-bond donors (Lipinski definition) is 2. The Morgan fingerprint density at radius 2 is 1.88 bits per heavy atom. The molecule has 2 fully saturated rings. The lowest BCUT2D eigenvalue weighted by atomic mass is 9.79. The molecular formula is C13H24N2O2. The molecular weight excluding hydrogens is 216 g/mol. The Morgan fingerprint density at radius 1 is 1.29 bits per heavy atom. The molecule has 0 aromatic rings. The quantitative estimate of drug-likeness (QED) is 0.774. The van der Waals surface area contributed by atoms with Crippen LogP contribution in [-0.4, -0.2) is 40.1 Å². The number of carbonyl (C=O) groups is 1. The van der Waals surface area contributed by atoms with Crippen molar-refractivity contribution in [3.05, 3.63) is 0 Å². The summed E-state index contributed by atoms with van der Waals surface area (Å²) in [4.78, 5) is 13.8. The van der Waals surface area contributed by atoms with E-state index in [1.165, 1.54) is 6.42 Å². The third-order valence-corrected chi connectivity index (χ3v) is 4.33. The van der Waals surface area contributed by atoms with E-state index in [1.807, 2.05) is 6.92 Å². The van der Waals surface area contributed by atoms with Crippen molar-refractivity contribution in [3.8, 4) is 0 Å². The molecule has 4 heteroatoms. The lowest BCUT2D eigenvalue weighted by Crippen LogP contribution is -2.64. The van der Waals surface area contributed by atoms with Crippen molar-refractivity contribution in [3.63, 3.8) is 0 Å². The van der Waals surface area contributed by atoms with Crippen molar-refractivity contribution in [1.82, 2.24) is 4.90 Å². The Kier molecular flexibility index (Phi) is 3.46. The molecule has 2 rings (SSSR count). The predicted octanol–water partition coefficient (Wildman–Crippen LogP) is 1.02. The van der Waals surface area contributed by atoms with Gasteiger partial charge in [0.25, 0.3) is 0 Å². The van der Waals surface area contributed by atoms with E-state index >= 15 is 0 Å². The van der Waals surface area contributed by atoms with Crippen molar-refractivity contribution >= 4 is 5.91 Å². The van der Waals surface area contributed by atoms with E-state index in [9.17, 15) is 9.90 Å². The third-order valence-electron chi connectivity index (χ3n) is 4.33. The van der Waals surface area contributed by atoms with Crippen LogP contribution < -0.4 is 5.73 Å². The molecule has 4 nitrogen and oxygen atoms in total. The van der Waals surface area contributed by atoms with E-state index in [-0.39, 0.29) is 11.4 Å². The van der Waals surface area contributed by atoms with Crippen LogP contribution in [0.5, 0.6) is 0 Å². The highest BCUT2D eigenvalue weighted by Crippen LogP contribution is 2.31. The average Bonchev–Trinajstić information content (AvgIpc) is 2.25. The molecule has 0 aromatic heterocycles. The van der Waals surface area contributed by atoms with E-state index < -0.39 is 5.60 Å². The van der Waals surface area contributed by atoms with Crippen LogP contribution in [0.3, 0.4) is 0 Å². The normalized spacial score (nSPS) is 26.4. The Hall–Kier alpha value is -0.610. The second-order valence-corrected chi connectivity index (χ2v) is 5.93. The van der Waals surface area contributed by atoms with Gasteiger partial charge in [-0.05, 0) is 19.3 Å². The molecule has 0 bridgehead atoms. The zero-order chi connectivity index (χ0) is 12.5. The number of amides is 1. The van der Waals surface area contributed by atoms with E-state index in [4.69, 9.17) is 5.73 Å². The summed E-state index contributed by atoms with van der Waals surface area (Å²) in [5.41, 5.74) is 5.35. The van der Waals surface area contributed by atoms with Crippen LogP contribution in [0.25, 0.3) is 0 Å². The number of carbonyl (C=O) groups excluding carboxylic acids is 1. The van der Waals surface area contributed by atoms with Crippen LogP contribution in [0.4, 0.5) is 0 Å². The molecule has 0 aromatic carbocycles. The standard InChI is InChI=1S/C13H24N2O2/c1-2-13(17)9-15(10-13)11(16)8-12(14)6-4-3-5-7-12/h17H,2-10,14H2,1H3. The molecule has 1 amide bonds. The first-order valence-electron chi connectivity index (χ1n) is 6.75.